The Kier molecular flexibility index (Phi) is 2.31. The van der Waals surface area contributed by atoms with E-state index in [-0.39, 0.29) is 17.3 Å². The summed E-state index contributed by atoms with van der Waals surface area (Å²) in [6.45, 7) is 4.05. The van der Waals surface area contributed by atoms with E-state index in [2.05, 4.69) is 11.2 Å². The van der Waals surface area contributed by atoms with E-state index in [1.54, 1.807) is 0 Å². The van der Waals surface area contributed by atoms with E-state index in [1.807, 2.05) is 26.0 Å². The standard InChI is InChI=1S/C11H12ClNO/c1-6-3-4-8-9(5-6)7(2)11(13-14)10(8)12/h3-5,7,10-11H,1-2H3. The van der Waals surface area contributed by atoms with Gasteiger partial charge in [0.05, 0.1) is 5.38 Å². The van der Waals surface area contributed by atoms with Crippen molar-refractivity contribution in [2.75, 3.05) is 0 Å². The maximum absolute atomic E-state index is 10.6. The Bertz CT molecular complexity index is 378. The Labute approximate surface area is 88.2 Å². The molecule has 0 fully saturated rings. The second-order valence-corrected chi connectivity index (χ2v) is 4.39. The second kappa shape index (κ2) is 3.35. The van der Waals surface area contributed by atoms with Crippen molar-refractivity contribution in [3.8, 4) is 0 Å². The first kappa shape index (κ1) is 9.66. The van der Waals surface area contributed by atoms with Gasteiger partial charge in [0.25, 0.3) is 0 Å². The molecule has 3 atom stereocenters. The van der Waals surface area contributed by atoms with Crippen LogP contribution in [0, 0.1) is 11.8 Å². The molecule has 2 rings (SSSR count). The zero-order valence-electron chi connectivity index (χ0n) is 8.20. The average Bonchev–Trinajstić information content (AvgIpc) is 2.39. The fourth-order valence-electron chi connectivity index (χ4n) is 2.11. The van der Waals surface area contributed by atoms with E-state index in [1.165, 1.54) is 11.1 Å². The SMILES string of the molecule is Cc1ccc2c(c1)C(C)C(N=O)C2Cl. The first-order chi connectivity index (χ1) is 6.65. The molecule has 1 aliphatic carbocycles. The van der Waals surface area contributed by atoms with Crippen molar-refractivity contribution < 1.29 is 0 Å². The van der Waals surface area contributed by atoms with Gasteiger partial charge in [-0.25, -0.2) is 0 Å². The van der Waals surface area contributed by atoms with Crippen LogP contribution in [0.1, 0.15) is 34.9 Å². The van der Waals surface area contributed by atoms with Crippen LogP contribution in [0.3, 0.4) is 0 Å². The summed E-state index contributed by atoms with van der Waals surface area (Å²) in [5.41, 5.74) is 3.44. The van der Waals surface area contributed by atoms with Gasteiger partial charge in [0.15, 0.2) is 0 Å². The third-order valence-corrected chi connectivity index (χ3v) is 3.46. The molecule has 0 aliphatic heterocycles. The maximum Gasteiger partial charge on any atom is 0.119 e. The van der Waals surface area contributed by atoms with Gasteiger partial charge in [0.1, 0.15) is 6.04 Å². The smallest absolute Gasteiger partial charge is 0.119 e. The fourth-order valence-corrected chi connectivity index (χ4v) is 2.57. The van der Waals surface area contributed by atoms with Gasteiger partial charge in [-0.3, -0.25) is 0 Å². The van der Waals surface area contributed by atoms with Gasteiger partial charge >= 0.3 is 0 Å². The molecule has 0 aromatic heterocycles. The number of nitrogens with zero attached hydrogens (tertiary/aromatic N) is 1. The van der Waals surface area contributed by atoms with Crippen LogP contribution < -0.4 is 0 Å². The quantitative estimate of drug-likeness (QED) is 0.514. The van der Waals surface area contributed by atoms with Gasteiger partial charge in [-0.05, 0) is 18.1 Å². The molecule has 74 valence electrons. The highest BCUT2D eigenvalue weighted by Gasteiger charge is 2.38. The van der Waals surface area contributed by atoms with E-state index < -0.39 is 0 Å². The van der Waals surface area contributed by atoms with Crippen molar-refractivity contribution in [1.82, 2.24) is 0 Å². The van der Waals surface area contributed by atoms with Crippen LogP contribution in [0.15, 0.2) is 23.4 Å². The van der Waals surface area contributed by atoms with Crippen molar-refractivity contribution in [1.29, 1.82) is 0 Å². The van der Waals surface area contributed by atoms with E-state index in [0.717, 1.165) is 5.56 Å². The van der Waals surface area contributed by atoms with E-state index in [4.69, 9.17) is 11.6 Å². The molecule has 2 nitrogen and oxygen atoms in total. The van der Waals surface area contributed by atoms with Gasteiger partial charge in [-0.2, -0.15) is 4.91 Å². The Hall–Kier alpha value is -0.890. The lowest BCUT2D eigenvalue weighted by molar-refractivity contribution is 0.600. The summed E-state index contributed by atoms with van der Waals surface area (Å²) in [6, 6.07) is 5.81. The molecule has 0 spiro atoms. The molecule has 1 aromatic carbocycles. The van der Waals surface area contributed by atoms with Crippen LogP contribution >= 0.6 is 11.6 Å². The minimum atomic E-state index is -0.312. The highest BCUT2D eigenvalue weighted by molar-refractivity contribution is 6.22. The molecule has 0 heterocycles. The molecule has 0 bridgehead atoms. The van der Waals surface area contributed by atoms with E-state index >= 15 is 0 Å². The number of fused-ring (bicyclic) bond motifs is 1. The Morgan fingerprint density at radius 2 is 2.07 bits per heavy atom. The number of aryl methyl sites for hydroxylation is 1. The molecule has 0 saturated heterocycles. The second-order valence-electron chi connectivity index (χ2n) is 3.92. The molecule has 0 saturated carbocycles. The third-order valence-electron chi connectivity index (χ3n) is 2.96. The average molecular weight is 210 g/mol. The third kappa shape index (κ3) is 1.25. The monoisotopic (exact) mass is 209 g/mol. The van der Waals surface area contributed by atoms with Gasteiger partial charge < -0.3 is 0 Å². The predicted molar refractivity (Wildman–Crippen MR) is 57.8 cm³/mol. The maximum atomic E-state index is 10.6. The summed E-state index contributed by atoms with van der Waals surface area (Å²) < 4.78 is 0. The number of hydrogen-bond donors (Lipinski definition) is 0. The lowest BCUT2D eigenvalue weighted by Gasteiger charge is -2.08. The molecule has 14 heavy (non-hydrogen) atoms. The first-order valence-corrected chi connectivity index (χ1v) is 5.15. The molecule has 0 amide bonds. The zero-order chi connectivity index (χ0) is 10.3. The summed E-state index contributed by atoms with van der Waals surface area (Å²) in [6.07, 6.45) is 0. The summed E-state index contributed by atoms with van der Waals surface area (Å²) in [5, 5.41) is 2.86. The highest BCUT2D eigenvalue weighted by atomic mass is 35.5. The number of hydrogen-bond acceptors (Lipinski definition) is 2. The van der Waals surface area contributed by atoms with Crippen molar-refractivity contribution in [2.45, 2.75) is 31.2 Å². The molecule has 3 heteroatoms. The Morgan fingerprint density at radius 3 is 2.71 bits per heavy atom. The Morgan fingerprint density at radius 1 is 1.36 bits per heavy atom. The van der Waals surface area contributed by atoms with E-state index in [0.29, 0.717) is 0 Å². The summed E-state index contributed by atoms with van der Waals surface area (Å²) in [5.74, 6) is 0.143. The molecule has 0 N–H and O–H groups in total. The molecule has 0 radical (unpaired) electrons. The van der Waals surface area contributed by atoms with Crippen molar-refractivity contribution in [3.05, 3.63) is 39.8 Å². The summed E-state index contributed by atoms with van der Waals surface area (Å²) in [7, 11) is 0. The Balaban J connectivity index is 2.52. The number of benzene rings is 1. The number of rotatable bonds is 1. The van der Waals surface area contributed by atoms with Crippen molar-refractivity contribution >= 4 is 11.6 Å². The highest BCUT2D eigenvalue weighted by Crippen LogP contribution is 2.45. The number of alkyl halides is 1. The minimum absolute atomic E-state index is 0.143. The molecule has 1 aromatic rings. The largest absolute Gasteiger partial charge is 0.150 e. The number of halogens is 1. The predicted octanol–water partition coefficient (Wildman–Crippen LogP) is 3.53. The summed E-state index contributed by atoms with van der Waals surface area (Å²) >= 11 is 6.16. The first-order valence-electron chi connectivity index (χ1n) is 4.72. The van der Waals surface area contributed by atoms with Crippen molar-refractivity contribution in [2.24, 2.45) is 5.18 Å². The molecule has 1 aliphatic rings. The lowest BCUT2D eigenvalue weighted by Crippen LogP contribution is -2.09. The van der Waals surface area contributed by atoms with Crippen molar-refractivity contribution in [3.63, 3.8) is 0 Å². The van der Waals surface area contributed by atoms with Crippen LogP contribution in [0.5, 0.6) is 0 Å². The normalized spacial score (nSPS) is 30.1. The van der Waals surface area contributed by atoms with Crippen LogP contribution in [0.4, 0.5) is 0 Å². The van der Waals surface area contributed by atoms with Crippen LogP contribution in [0.25, 0.3) is 0 Å². The van der Waals surface area contributed by atoms with Gasteiger partial charge in [0, 0.05) is 5.92 Å². The molecule has 3 unspecified atom stereocenters. The van der Waals surface area contributed by atoms with Gasteiger partial charge in [-0.1, -0.05) is 35.9 Å². The minimum Gasteiger partial charge on any atom is -0.150 e. The van der Waals surface area contributed by atoms with Crippen LogP contribution in [-0.4, -0.2) is 6.04 Å². The fraction of sp³-hybridized carbons (Fsp3) is 0.455. The van der Waals surface area contributed by atoms with Crippen LogP contribution in [0.2, 0.25) is 0 Å². The molecular formula is C11H12ClNO. The van der Waals surface area contributed by atoms with Gasteiger partial charge in [-0.15, -0.1) is 11.6 Å². The zero-order valence-corrected chi connectivity index (χ0v) is 8.95. The molecular weight excluding hydrogens is 198 g/mol. The number of nitroso groups, excluding NO2 is 1. The van der Waals surface area contributed by atoms with E-state index in [9.17, 15) is 4.91 Å². The lowest BCUT2D eigenvalue weighted by atomic mass is 10.00. The summed E-state index contributed by atoms with van der Waals surface area (Å²) in [4.78, 5) is 10.6. The van der Waals surface area contributed by atoms with Crippen LogP contribution in [-0.2, 0) is 0 Å². The van der Waals surface area contributed by atoms with Gasteiger partial charge in [0.2, 0.25) is 0 Å². The topological polar surface area (TPSA) is 29.4 Å².